The lowest BCUT2D eigenvalue weighted by Crippen LogP contribution is -2.12. The largest absolute Gasteiger partial charge is 0.320 e. The van der Waals surface area contributed by atoms with Crippen LogP contribution >= 0.6 is 11.8 Å². The van der Waals surface area contributed by atoms with E-state index in [0.29, 0.717) is 0 Å². The summed E-state index contributed by atoms with van der Waals surface area (Å²) in [5.74, 6) is 0. The van der Waals surface area contributed by atoms with Gasteiger partial charge >= 0.3 is 0 Å². The molecular formula is C18H22N2S. The second-order valence-corrected chi connectivity index (χ2v) is 7.02. The molecule has 2 nitrogen and oxygen atoms in total. The summed E-state index contributed by atoms with van der Waals surface area (Å²) in [5.41, 5.74) is 8.51. The van der Waals surface area contributed by atoms with E-state index >= 15 is 0 Å². The van der Waals surface area contributed by atoms with E-state index in [9.17, 15) is 0 Å². The van der Waals surface area contributed by atoms with Gasteiger partial charge in [0.2, 0.25) is 0 Å². The molecule has 1 aromatic heterocycles. The number of aromatic nitrogens is 1. The van der Waals surface area contributed by atoms with Gasteiger partial charge in [-0.2, -0.15) is 0 Å². The predicted molar refractivity (Wildman–Crippen MR) is 89.4 cm³/mol. The van der Waals surface area contributed by atoms with Gasteiger partial charge < -0.3 is 5.73 Å². The molecule has 0 spiro atoms. The Morgan fingerprint density at radius 2 is 1.71 bits per heavy atom. The topological polar surface area (TPSA) is 38.9 Å². The van der Waals surface area contributed by atoms with Gasteiger partial charge in [-0.1, -0.05) is 55.7 Å². The number of hydrogen-bond acceptors (Lipinski definition) is 3. The molecule has 3 rings (SSSR count). The molecule has 2 N–H and O–H groups in total. The number of rotatable bonds is 4. The molecule has 0 amide bonds. The average Bonchev–Trinajstić information content (AvgIpc) is 2.57. The van der Waals surface area contributed by atoms with Gasteiger partial charge in [-0.15, -0.1) is 11.8 Å². The van der Waals surface area contributed by atoms with Crippen LogP contribution in [-0.4, -0.2) is 10.2 Å². The fourth-order valence-electron chi connectivity index (χ4n) is 2.85. The number of hydrogen-bond donors (Lipinski definition) is 1. The fourth-order valence-corrected chi connectivity index (χ4v) is 4.02. The summed E-state index contributed by atoms with van der Waals surface area (Å²) >= 11 is 1.93. The molecular weight excluding hydrogens is 276 g/mol. The quantitative estimate of drug-likeness (QED) is 0.899. The minimum absolute atomic E-state index is 0.0903. The van der Waals surface area contributed by atoms with Crippen molar-refractivity contribution in [3.8, 4) is 0 Å². The van der Waals surface area contributed by atoms with Crippen LogP contribution in [0.25, 0.3) is 0 Å². The molecule has 1 aliphatic rings. The predicted octanol–water partition coefficient (Wildman–Crippen LogP) is 4.55. The van der Waals surface area contributed by atoms with Crippen LogP contribution in [0.1, 0.15) is 49.3 Å². The molecule has 0 radical (unpaired) electrons. The van der Waals surface area contributed by atoms with Crippen LogP contribution in [0.4, 0.5) is 0 Å². The van der Waals surface area contributed by atoms with Crippen molar-refractivity contribution in [3.63, 3.8) is 0 Å². The number of benzene rings is 1. The van der Waals surface area contributed by atoms with E-state index in [0.717, 1.165) is 21.4 Å². The van der Waals surface area contributed by atoms with Crippen molar-refractivity contribution < 1.29 is 0 Å². The third-order valence-corrected chi connectivity index (χ3v) is 5.40. The highest BCUT2D eigenvalue weighted by atomic mass is 32.2. The van der Waals surface area contributed by atoms with Gasteiger partial charge in [0.15, 0.2) is 0 Å². The van der Waals surface area contributed by atoms with E-state index in [1.807, 2.05) is 36.2 Å². The van der Waals surface area contributed by atoms with Crippen LogP contribution in [0, 0.1) is 0 Å². The normalized spacial score (nSPS) is 17.6. The van der Waals surface area contributed by atoms with Crippen molar-refractivity contribution in [1.82, 2.24) is 4.98 Å². The van der Waals surface area contributed by atoms with E-state index in [4.69, 9.17) is 5.73 Å². The van der Waals surface area contributed by atoms with Gasteiger partial charge in [0.05, 0.1) is 11.1 Å². The van der Waals surface area contributed by atoms with Gasteiger partial charge in [0, 0.05) is 11.4 Å². The van der Waals surface area contributed by atoms with Crippen molar-refractivity contribution in [3.05, 3.63) is 59.8 Å². The third-order valence-electron chi connectivity index (χ3n) is 4.12. The minimum atomic E-state index is -0.0903. The summed E-state index contributed by atoms with van der Waals surface area (Å²) in [4.78, 5) is 4.60. The second-order valence-electron chi connectivity index (χ2n) is 5.70. The molecule has 0 unspecified atom stereocenters. The maximum Gasteiger partial charge on any atom is 0.0962 e. The van der Waals surface area contributed by atoms with Crippen LogP contribution in [0.5, 0.6) is 0 Å². The third kappa shape index (κ3) is 3.86. The second kappa shape index (κ2) is 7.10. The van der Waals surface area contributed by atoms with Crippen molar-refractivity contribution in [2.24, 2.45) is 5.73 Å². The zero-order valence-electron chi connectivity index (χ0n) is 12.2. The molecule has 0 saturated heterocycles. The van der Waals surface area contributed by atoms with E-state index in [2.05, 4.69) is 29.2 Å². The standard InChI is InChI=1S/C18H22N2S/c19-18(14-7-3-1-4-8-14)15-11-12-17(20-13-15)21-16-9-5-2-6-10-16/h1,3-4,7-8,11-13,16,18H,2,5-6,9-10,19H2/t18-/m0/s1. The van der Waals surface area contributed by atoms with Crippen LogP contribution < -0.4 is 5.73 Å². The molecule has 1 fully saturated rings. The van der Waals surface area contributed by atoms with Crippen LogP contribution in [0.15, 0.2) is 53.7 Å². The van der Waals surface area contributed by atoms with Crippen molar-refractivity contribution in [2.45, 2.75) is 48.4 Å². The molecule has 1 saturated carbocycles. The Morgan fingerprint density at radius 1 is 0.952 bits per heavy atom. The van der Waals surface area contributed by atoms with Crippen molar-refractivity contribution in [1.29, 1.82) is 0 Å². The Kier molecular flexibility index (Phi) is 4.94. The lowest BCUT2D eigenvalue weighted by Gasteiger charge is -2.20. The van der Waals surface area contributed by atoms with E-state index in [-0.39, 0.29) is 6.04 Å². The van der Waals surface area contributed by atoms with Gasteiger partial charge in [0.25, 0.3) is 0 Å². The van der Waals surface area contributed by atoms with E-state index in [1.54, 1.807) is 0 Å². The maximum absolute atomic E-state index is 6.30. The Hall–Kier alpha value is -1.32. The first-order chi connectivity index (χ1) is 10.3. The molecule has 2 aromatic rings. The summed E-state index contributed by atoms with van der Waals surface area (Å²) < 4.78 is 0. The molecule has 3 heteroatoms. The molecule has 21 heavy (non-hydrogen) atoms. The fraction of sp³-hybridized carbons (Fsp3) is 0.389. The lowest BCUT2D eigenvalue weighted by molar-refractivity contribution is 0.515. The maximum atomic E-state index is 6.30. The summed E-state index contributed by atoms with van der Waals surface area (Å²) in [6.07, 6.45) is 8.73. The Morgan fingerprint density at radius 3 is 2.38 bits per heavy atom. The van der Waals surface area contributed by atoms with Gasteiger partial charge in [-0.25, -0.2) is 4.98 Å². The summed E-state index contributed by atoms with van der Waals surface area (Å²) in [7, 11) is 0. The first kappa shape index (κ1) is 14.6. The van der Waals surface area contributed by atoms with Gasteiger partial charge in [-0.3, -0.25) is 0 Å². The van der Waals surface area contributed by atoms with Gasteiger partial charge in [0.1, 0.15) is 0 Å². The zero-order chi connectivity index (χ0) is 14.5. The average molecular weight is 298 g/mol. The van der Waals surface area contributed by atoms with E-state index in [1.165, 1.54) is 32.1 Å². The minimum Gasteiger partial charge on any atom is -0.320 e. The summed E-state index contributed by atoms with van der Waals surface area (Å²) in [6.45, 7) is 0. The number of nitrogens with zero attached hydrogens (tertiary/aromatic N) is 1. The molecule has 0 aliphatic heterocycles. The highest BCUT2D eigenvalue weighted by Gasteiger charge is 2.15. The van der Waals surface area contributed by atoms with Crippen LogP contribution in [0.3, 0.4) is 0 Å². The highest BCUT2D eigenvalue weighted by molar-refractivity contribution is 7.99. The smallest absolute Gasteiger partial charge is 0.0962 e. The summed E-state index contributed by atoms with van der Waals surface area (Å²) in [5, 5.41) is 1.88. The Bertz CT molecular complexity index is 547. The molecule has 1 heterocycles. The Labute approximate surface area is 131 Å². The number of nitrogens with two attached hydrogens (primary N) is 1. The van der Waals surface area contributed by atoms with Crippen molar-refractivity contribution in [2.75, 3.05) is 0 Å². The molecule has 0 bridgehead atoms. The van der Waals surface area contributed by atoms with E-state index < -0.39 is 0 Å². The molecule has 110 valence electrons. The zero-order valence-corrected chi connectivity index (χ0v) is 13.1. The monoisotopic (exact) mass is 298 g/mol. The number of pyridine rings is 1. The van der Waals surface area contributed by atoms with Crippen molar-refractivity contribution >= 4 is 11.8 Å². The molecule has 1 aromatic carbocycles. The van der Waals surface area contributed by atoms with Crippen LogP contribution in [-0.2, 0) is 0 Å². The first-order valence-electron chi connectivity index (χ1n) is 7.76. The Balaban J connectivity index is 1.66. The first-order valence-corrected chi connectivity index (χ1v) is 8.64. The van der Waals surface area contributed by atoms with Gasteiger partial charge in [-0.05, 0) is 30.0 Å². The molecule has 1 atom stereocenters. The molecule has 1 aliphatic carbocycles. The summed E-state index contributed by atoms with van der Waals surface area (Å²) in [6, 6.07) is 14.3. The highest BCUT2D eigenvalue weighted by Crippen LogP contribution is 2.32. The lowest BCUT2D eigenvalue weighted by atomic mass is 10.0. The SMILES string of the molecule is N[C@@H](c1ccccc1)c1ccc(SC2CCCCC2)nc1. The number of thioether (sulfide) groups is 1. The van der Waals surface area contributed by atoms with Crippen LogP contribution in [0.2, 0.25) is 0 Å².